The van der Waals surface area contributed by atoms with E-state index in [2.05, 4.69) is 17.7 Å². The van der Waals surface area contributed by atoms with Crippen molar-refractivity contribution in [3.8, 4) is 0 Å². The maximum atomic E-state index is 2.39. The van der Waals surface area contributed by atoms with E-state index in [0.29, 0.717) is 0 Å². The van der Waals surface area contributed by atoms with E-state index in [-0.39, 0.29) is 0 Å². The Kier molecular flexibility index (Phi) is 0.256. The van der Waals surface area contributed by atoms with Crippen molar-refractivity contribution in [2.45, 2.75) is 25.4 Å². The Hall–Kier alpha value is -0.330. The van der Waals surface area contributed by atoms with Gasteiger partial charge < -0.3 is 0 Å². The van der Waals surface area contributed by atoms with Gasteiger partial charge in [0.2, 0.25) is 12.1 Å². The Morgan fingerprint density at radius 1 is 1.83 bits per heavy atom. The van der Waals surface area contributed by atoms with Crippen molar-refractivity contribution in [3.63, 3.8) is 0 Å². The van der Waals surface area contributed by atoms with Gasteiger partial charge in [-0.25, -0.2) is 4.58 Å². The molecule has 0 aromatic heterocycles. The first-order chi connectivity index (χ1) is 2.89. The molecular formula is C5H8N+. The molecule has 2 atom stereocenters. The van der Waals surface area contributed by atoms with E-state index in [0.717, 1.165) is 12.1 Å². The van der Waals surface area contributed by atoms with E-state index in [1.165, 1.54) is 6.42 Å². The van der Waals surface area contributed by atoms with Crippen LogP contribution in [-0.2, 0) is 0 Å². The van der Waals surface area contributed by atoms with E-state index in [9.17, 15) is 0 Å². The van der Waals surface area contributed by atoms with Gasteiger partial charge in [0, 0.05) is 6.92 Å². The second-order valence-corrected chi connectivity index (χ2v) is 2.17. The quantitative estimate of drug-likeness (QED) is 0.291. The molecule has 2 rings (SSSR count). The lowest BCUT2D eigenvalue weighted by molar-refractivity contribution is -0.395. The molecule has 1 saturated heterocycles. The summed E-state index contributed by atoms with van der Waals surface area (Å²) < 4.78 is 2.39. The molecule has 0 aromatic carbocycles. The molecule has 2 aliphatic heterocycles. The highest BCUT2D eigenvalue weighted by Gasteiger charge is 2.57. The molecule has 0 N–H and O–H groups in total. The maximum Gasteiger partial charge on any atom is 0.222 e. The van der Waals surface area contributed by atoms with Crippen LogP contribution in [0.2, 0.25) is 0 Å². The molecule has 2 heterocycles. The minimum Gasteiger partial charge on any atom is -0.220 e. The molecule has 0 spiro atoms. The third kappa shape index (κ3) is 0.122. The predicted molar refractivity (Wildman–Crippen MR) is 24.2 cm³/mol. The monoisotopic (exact) mass is 82.1 g/mol. The number of hydrogen-bond donors (Lipinski definition) is 0. The lowest BCUT2D eigenvalue weighted by Gasteiger charge is -1.80. The fraction of sp³-hybridized carbons (Fsp3) is 0.800. The molecule has 1 nitrogen and oxygen atoms in total. The molecular weight excluding hydrogens is 74.1 g/mol. The van der Waals surface area contributed by atoms with Crippen molar-refractivity contribution in [2.24, 2.45) is 0 Å². The van der Waals surface area contributed by atoms with Gasteiger partial charge in [-0.2, -0.15) is 0 Å². The first kappa shape index (κ1) is 2.78. The molecule has 0 amide bonds. The van der Waals surface area contributed by atoms with Crippen LogP contribution in [0.4, 0.5) is 0 Å². The minimum absolute atomic E-state index is 0.907. The second kappa shape index (κ2) is 0.552. The Balaban J connectivity index is 2.37. The van der Waals surface area contributed by atoms with Crippen molar-refractivity contribution in [2.75, 3.05) is 0 Å². The van der Waals surface area contributed by atoms with Gasteiger partial charge in [0.1, 0.15) is 6.21 Å². The Morgan fingerprint density at radius 3 is 2.50 bits per heavy atom. The molecule has 0 aromatic rings. The molecule has 0 aliphatic carbocycles. The van der Waals surface area contributed by atoms with Crippen molar-refractivity contribution >= 4 is 6.21 Å². The van der Waals surface area contributed by atoms with Crippen molar-refractivity contribution in [3.05, 3.63) is 0 Å². The summed E-state index contributed by atoms with van der Waals surface area (Å²) in [5, 5.41) is 0. The van der Waals surface area contributed by atoms with Crippen LogP contribution in [0, 0.1) is 0 Å². The lowest BCUT2D eigenvalue weighted by Crippen LogP contribution is -2.03. The number of nitrogens with zero attached hydrogens (tertiary/aromatic N) is 1. The molecule has 0 saturated carbocycles. The summed E-state index contributed by atoms with van der Waals surface area (Å²) in [6.45, 7) is 2.27. The summed E-state index contributed by atoms with van der Waals surface area (Å²) in [6, 6.07) is 1.88. The standard InChI is InChI=1S/C5H8N/c1-4-5-2-3-6(4)5/h3-5H,2H2,1H3/q+1. The van der Waals surface area contributed by atoms with Crippen LogP contribution in [0.5, 0.6) is 0 Å². The number of fused-ring (bicyclic) bond motifs is 1. The van der Waals surface area contributed by atoms with E-state index in [4.69, 9.17) is 0 Å². The third-order valence-electron chi connectivity index (χ3n) is 1.88. The predicted octanol–water partition coefficient (Wildman–Crippen LogP) is 0.244. The fourth-order valence-corrected chi connectivity index (χ4v) is 1.15. The maximum absolute atomic E-state index is 2.39. The Morgan fingerprint density at radius 2 is 2.50 bits per heavy atom. The molecule has 1 heteroatoms. The van der Waals surface area contributed by atoms with E-state index >= 15 is 0 Å². The van der Waals surface area contributed by atoms with Gasteiger partial charge >= 0.3 is 0 Å². The summed E-state index contributed by atoms with van der Waals surface area (Å²) in [6.07, 6.45) is 3.62. The first-order valence-corrected chi connectivity index (χ1v) is 2.50. The van der Waals surface area contributed by atoms with Crippen LogP contribution in [-0.4, -0.2) is 22.9 Å². The van der Waals surface area contributed by atoms with Crippen LogP contribution < -0.4 is 0 Å². The molecule has 2 aliphatic rings. The SMILES string of the molecule is CC1C2CC=[N+]12. The zero-order valence-corrected chi connectivity index (χ0v) is 3.89. The largest absolute Gasteiger partial charge is 0.222 e. The zero-order chi connectivity index (χ0) is 4.15. The van der Waals surface area contributed by atoms with Crippen molar-refractivity contribution in [1.29, 1.82) is 0 Å². The van der Waals surface area contributed by atoms with Crippen LogP contribution in [0.15, 0.2) is 0 Å². The van der Waals surface area contributed by atoms with Crippen molar-refractivity contribution in [1.82, 2.24) is 0 Å². The average Bonchev–Trinajstić information content (AvgIpc) is 1.63. The van der Waals surface area contributed by atoms with Crippen LogP contribution >= 0.6 is 0 Å². The van der Waals surface area contributed by atoms with Gasteiger partial charge in [-0.05, 0) is 0 Å². The summed E-state index contributed by atoms with van der Waals surface area (Å²) >= 11 is 0. The van der Waals surface area contributed by atoms with Gasteiger partial charge in [0.15, 0.2) is 0 Å². The van der Waals surface area contributed by atoms with Gasteiger partial charge in [0.05, 0.1) is 6.42 Å². The normalized spacial score (nSPS) is 49.2. The van der Waals surface area contributed by atoms with Gasteiger partial charge in [0.25, 0.3) is 0 Å². The van der Waals surface area contributed by atoms with E-state index in [1.54, 1.807) is 0 Å². The van der Waals surface area contributed by atoms with Gasteiger partial charge in [-0.15, -0.1) is 0 Å². The highest BCUT2D eigenvalue weighted by molar-refractivity contribution is 5.59. The number of hydrogen-bond acceptors (Lipinski definition) is 0. The molecule has 32 valence electrons. The lowest BCUT2D eigenvalue weighted by atomic mass is 10.2. The molecule has 2 unspecified atom stereocenters. The van der Waals surface area contributed by atoms with Crippen LogP contribution in [0.1, 0.15) is 13.3 Å². The molecule has 6 heavy (non-hydrogen) atoms. The summed E-state index contributed by atoms with van der Waals surface area (Å²) in [5.41, 5.74) is 0. The summed E-state index contributed by atoms with van der Waals surface area (Å²) in [4.78, 5) is 0. The number of rotatable bonds is 0. The average molecular weight is 82.1 g/mol. The molecule has 1 fully saturated rings. The smallest absolute Gasteiger partial charge is 0.220 e. The van der Waals surface area contributed by atoms with Crippen molar-refractivity contribution < 1.29 is 4.58 Å². The fourth-order valence-electron chi connectivity index (χ4n) is 1.15. The minimum atomic E-state index is 0.907. The highest BCUT2D eigenvalue weighted by Crippen LogP contribution is 2.29. The highest BCUT2D eigenvalue weighted by atomic mass is 15.3. The first-order valence-electron chi connectivity index (χ1n) is 2.50. The summed E-state index contributed by atoms with van der Waals surface area (Å²) in [5.74, 6) is 0. The van der Waals surface area contributed by atoms with E-state index < -0.39 is 0 Å². The third-order valence-corrected chi connectivity index (χ3v) is 1.88. The zero-order valence-electron chi connectivity index (χ0n) is 3.89. The van der Waals surface area contributed by atoms with Crippen LogP contribution in [0.3, 0.4) is 0 Å². The Labute approximate surface area is 37.3 Å². The topological polar surface area (TPSA) is 3.01 Å². The van der Waals surface area contributed by atoms with Gasteiger partial charge in [-0.1, -0.05) is 0 Å². The summed E-state index contributed by atoms with van der Waals surface area (Å²) in [7, 11) is 0. The van der Waals surface area contributed by atoms with E-state index in [1.807, 2.05) is 0 Å². The second-order valence-electron chi connectivity index (χ2n) is 2.17. The van der Waals surface area contributed by atoms with Gasteiger partial charge in [-0.3, -0.25) is 0 Å². The van der Waals surface area contributed by atoms with Crippen LogP contribution in [0.25, 0.3) is 0 Å². The molecule has 0 bridgehead atoms. The molecule has 0 radical (unpaired) electrons. The Bertz CT molecular complexity index is 109.